The molecule has 0 fully saturated rings. The summed E-state index contributed by atoms with van der Waals surface area (Å²) < 4.78 is 2.38. The van der Waals surface area contributed by atoms with Crippen LogP contribution in [0.2, 0.25) is 0 Å². The molecule has 0 amide bonds. The minimum atomic E-state index is 1.22. The van der Waals surface area contributed by atoms with Gasteiger partial charge in [-0.15, -0.1) is 0 Å². The van der Waals surface area contributed by atoms with Gasteiger partial charge < -0.3 is 0 Å². The van der Waals surface area contributed by atoms with E-state index in [1.165, 1.54) is 197 Å². The number of aryl methyl sites for hydroxylation is 2. The van der Waals surface area contributed by atoms with E-state index >= 15 is 0 Å². The Kier molecular flexibility index (Phi) is 23.5. The van der Waals surface area contributed by atoms with Gasteiger partial charge in [0.1, 0.15) is 0 Å². The predicted molar refractivity (Wildman–Crippen MR) is 187 cm³/mol. The Bertz CT molecular complexity index is 793. The summed E-state index contributed by atoms with van der Waals surface area (Å²) in [6.45, 7) is 4.61. The molecule has 2 aromatic rings. The number of benzene rings is 1. The van der Waals surface area contributed by atoms with Gasteiger partial charge in [0.2, 0.25) is 5.69 Å². The number of pyridine rings is 1. The summed E-state index contributed by atoms with van der Waals surface area (Å²) in [7, 11) is 0. The Morgan fingerprint density at radius 2 is 0.690 bits per heavy atom. The summed E-state index contributed by atoms with van der Waals surface area (Å²) in [6, 6.07) is 13.4. The third kappa shape index (κ3) is 19.5. The Hall–Kier alpha value is -1.63. The molecule has 238 valence electrons. The average molecular weight is 577 g/mol. The second kappa shape index (κ2) is 27.0. The molecule has 1 aromatic carbocycles. The SMILES string of the molecule is CCCCCCCCCCCCCCCc1cc(CCCCCCCCCCCCCCC)c[n+](-c2ccccc2)c1. The monoisotopic (exact) mass is 577 g/mol. The molecule has 0 bridgehead atoms. The molecular formula is C41H70N+. The summed E-state index contributed by atoms with van der Waals surface area (Å²) in [4.78, 5) is 0. The van der Waals surface area contributed by atoms with Crippen LogP contribution < -0.4 is 4.57 Å². The maximum atomic E-state index is 2.51. The van der Waals surface area contributed by atoms with Crippen molar-refractivity contribution in [2.75, 3.05) is 0 Å². The van der Waals surface area contributed by atoms with Crippen LogP contribution in [0.25, 0.3) is 5.69 Å². The van der Waals surface area contributed by atoms with Gasteiger partial charge in [-0.05, 0) is 31.7 Å². The average Bonchev–Trinajstić information content (AvgIpc) is 3.02. The maximum absolute atomic E-state index is 2.51. The molecule has 0 saturated heterocycles. The summed E-state index contributed by atoms with van der Waals surface area (Å²) >= 11 is 0. The minimum Gasteiger partial charge on any atom is -0.167 e. The van der Waals surface area contributed by atoms with Crippen molar-refractivity contribution >= 4 is 0 Å². The Morgan fingerprint density at radius 1 is 0.381 bits per heavy atom. The summed E-state index contributed by atoms with van der Waals surface area (Å²) in [5.74, 6) is 0. The van der Waals surface area contributed by atoms with Crippen molar-refractivity contribution in [2.45, 2.75) is 194 Å². The van der Waals surface area contributed by atoms with Gasteiger partial charge in [0.05, 0.1) is 0 Å². The van der Waals surface area contributed by atoms with Gasteiger partial charge in [-0.1, -0.05) is 186 Å². The highest BCUT2D eigenvalue weighted by Gasteiger charge is 2.11. The molecule has 0 saturated carbocycles. The number of unbranched alkanes of at least 4 members (excludes halogenated alkanes) is 24. The molecule has 0 N–H and O–H groups in total. The highest BCUT2D eigenvalue weighted by atomic mass is 14.9. The molecule has 42 heavy (non-hydrogen) atoms. The second-order valence-corrected chi connectivity index (χ2v) is 13.3. The number of para-hydroxylation sites is 1. The van der Waals surface area contributed by atoms with Crippen LogP contribution in [0.15, 0.2) is 48.8 Å². The first-order valence-electron chi connectivity index (χ1n) is 18.9. The van der Waals surface area contributed by atoms with Crippen LogP contribution in [0.4, 0.5) is 0 Å². The smallest absolute Gasteiger partial charge is 0.167 e. The van der Waals surface area contributed by atoms with Crippen molar-refractivity contribution in [3.8, 4) is 5.69 Å². The molecule has 0 unspecified atom stereocenters. The van der Waals surface area contributed by atoms with E-state index in [9.17, 15) is 0 Å². The molecule has 1 heteroatoms. The van der Waals surface area contributed by atoms with Crippen LogP contribution >= 0.6 is 0 Å². The van der Waals surface area contributed by atoms with Crippen molar-refractivity contribution in [1.82, 2.24) is 0 Å². The van der Waals surface area contributed by atoms with Crippen molar-refractivity contribution < 1.29 is 4.57 Å². The fraction of sp³-hybridized carbons (Fsp3) is 0.732. The molecule has 1 nitrogen and oxygen atoms in total. The first kappa shape index (κ1) is 36.6. The molecule has 0 atom stereocenters. The first-order valence-corrected chi connectivity index (χ1v) is 18.9. The molecule has 0 radical (unpaired) electrons. The predicted octanol–water partition coefficient (Wildman–Crippen LogP) is 13.2. The van der Waals surface area contributed by atoms with Gasteiger partial charge in [0.25, 0.3) is 0 Å². The largest absolute Gasteiger partial charge is 0.210 e. The zero-order valence-electron chi connectivity index (χ0n) is 28.4. The lowest BCUT2D eigenvalue weighted by Gasteiger charge is -2.07. The highest BCUT2D eigenvalue weighted by molar-refractivity contribution is 5.24. The standard InChI is InChI=1S/C41H70N/c1-3-5-7-9-11-13-15-17-19-21-23-25-28-32-39-36-40(38-42(37-39)41-34-30-27-31-35-41)33-29-26-24-22-20-18-16-14-12-10-8-6-4-2/h27,30-31,34-38H,3-26,28-29,32-33H2,1-2H3/q+1. The number of nitrogens with zero attached hydrogens (tertiary/aromatic N) is 1. The normalized spacial score (nSPS) is 11.4. The van der Waals surface area contributed by atoms with Gasteiger partial charge in [0, 0.05) is 23.3 Å². The van der Waals surface area contributed by atoms with Crippen LogP contribution in [-0.2, 0) is 12.8 Å². The van der Waals surface area contributed by atoms with Gasteiger partial charge in [-0.25, -0.2) is 0 Å². The molecule has 0 aliphatic heterocycles. The minimum absolute atomic E-state index is 1.22. The summed E-state index contributed by atoms with van der Waals surface area (Å²) in [5.41, 5.74) is 4.33. The van der Waals surface area contributed by atoms with Gasteiger partial charge in [-0.2, -0.15) is 4.57 Å². The zero-order valence-corrected chi connectivity index (χ0v) is 28.4. The molecule has 1 aromatic heterocycles. The number of rotatable bonds is 29. The topological polar surface area (TPSA) is 3.88 Å². The van der Waals surface area contributed by atoms with Gasteiger partial charge in [0.15, 0.2) is 12.4 Å². The van der Waals surface area contributed by atoms with E-state index in [0.717, 1.165) is 0 Å². The van der Waals surface area contributed by atoms with Crippen molar-refractivity contribution in [1.29, 1.82) is 0 Å². The molecule has 0 aliphatic carbocycles. The number of aromatic nitrogens is 1. The Labute approximate surface area is 263 Å². The lowest BCUT2D eigenvalue weighted by Crippen LogP contribution is -2.31. The number of hydrogen-bond acceptors (Lipinski definition) is 0. The zero-order chi connectivity index (χ0) is 29.8. The van der Waals surface area contributed by atoms with Gasteiger partial charge >= 0.3 is 0 Å². The first-order chi connectivity index (χ1) is 20.8. The summed E-state index contributed by atoms with van der Waals surface area (Å²) in [6.07, 6.45) is 44.2. The fourth-order valence-electron chi connectivity index (χ4n) is 6.42. The van der Waals surface area contributed by atoms with E-state index in [2.05, 4.69) is 67.2 Å². The van der Waals surface area contributed by atoms with Crippen molar-refractivity contribution in [3.63, 3.8) is 0 Å². The lowest BCUT2D eigenvalue weighted by atomic mass is 10.0. The van der Waals surface area contributed by atoms with Gasteiger partial charge in [-0.3, -0.25) is 0 Å². The van der Waals surface area contributed by atoms with Crippen LogP contribution in [-0.4, -0.2) is 0 Å². The van der Waals surface area contributed by atoms with Crippen LogP contribution in [0.5, 0.6) is 0 Å². The van der Waals surface area contributed by atoms with E-state index < -0.39 is 0 Å². The van der Waals surface area contributed by atoms with Crippen LogP contribution in [0.1, 0.15) is 192 Å². The summed E-state index contributed by atoms with van der Waals surface area (Å²) in [5, 5.41) is 0. The Morgan fingerprint density at radius 3 is 1.02 bits per heavy atom. The van der Waals surface area contributed by atoms with E-state index in [4.69, 9.17) is 0 Å². The van der Waals surface area contributed by atoms with Crippen LogP contribution in [0, 0.1) is 0 Å². The van der Waals surface area contributed by atoms with Crippen molar-refractivity contribution in [2.24, 2.45) is 0 Å². The lowest BCUT2D eigenvalue weighted by molar-refractivity contribution is -0.596. The van der Waals surface area contributed by atoms with E-state index in [0.29, 0.717) is 0 Å². The van der Waals surface area contributed by atoms with Crippen molar-refractivity contribution in [3.05, 3.63) is 59.9 Å². The third-order valence-corrected chi connectivity index (χ3v) is 9.17. The number of hydrogen-bond donors (Lipinski definition) is 0. The third-order valence-electron chi connectivity index (χ3n) is 9.17. The molecule has 0 spiro atoms. The van der Waals surface area contributed by atoms with E-state index in [1.54, 1.807) is 0 Å². The molecule has 1 heterocycles. The molecule has 0 aliphatic rings. The maximum Gasteiger partial charge on any atom is 0.210 e. The van der Waals surface area contributed by atoms with Crippen LogP contribution in [0.3, 0.4) is 0 Å². The fourth-order valence-corrected chi connectivity index (χ4v) is 6.42. The van der Waals surface area contributed by atoms with E-state index in [-0.39, 0.29) is 0 Å². The highest BCUT2D eigenvalue weighted by Crippen LogP contribution is 2.17. The molecule has 2 rings (SSSR count). The second-order valence-electron chi connectivity index (χ2n) is 13.3. The van der Waals surface area contributed by atoms with E-state index in [1.807, 2.05) is 0 Å². The quantitative estimate of drug-likeness (QED) is 0.0669. The Balaban J connectivity index is 1.61. The molecular weight excluding hydrogens is 506 g/mol.